The van der Waals surface area contributed by atoms with Crippen molar-refractivity contribution in [1.82, 2.24) is 0 Å². The van der Waals surface area contributed by atoms with Gasteiger partial charge < -0.3 is 4.74 Å². The van der Waals surface area contributed by atoms with Crippen molar-refractivity contribution >= 4 is 21.9 Å². The van der Waals surface area contributed by atoms with Crippen LogP contribution in [-0.4, -0.2) is 17.4 Å². The summed E-state index contributed by atoms with van der Waals surface area (Å²) >= 11 is 3.66. The molecule has 0 spiro atoms. The molecule has 0 unspecified atom stereocenters. The van der Waals surface area contributed by atoms with E-state index in [1.54, 1.807) is 0 Å². The Morgan fingerprint density at radius 3 is 2.93 bits per heavy atom. The highest BCUT2D eigenvalue weighted by Gasteiger charge is 2.71. The average Bonchev–Trinajstić information content (AvgIpc) is 2.71. The lowest BCUT2D eigenvalue weighted by Gasteiger charge is -2.39. The highest BCUT2D eigenvalue weighted by molar-refractivity contribution is 9.09. The van der Waals surface area contributed by atoms with Crippen LogP contribution < -0.4 is 0 Å². The summed E-state index contributed by atoms with van der Waals surface area (Å²) in [6.45, 7) is 4.72. The maximum atomic E-state index is 11.4. The summed E-state index contributed by atoms with van der Waals surface area (Å²) in [7, 11) is 0. The first-order chi connectivity index (χ1) is 7.03. The standard InChI is InChI=1S/C12H17BrO2/c1-11(2)8-3-4-12(11,6-13)10-7(8)5-9(14)15-10/h7-8,10H,3-6H2,1-2H3/t7-,8-,10-,12-/m0/s1. The predicted molar refractivity (Wildman–Crippen MR) is 60.7 cm³/mol. The Labute approximate surface area is 98.9 Å². The average molecular weight is 273 g/mol. The van der Waals surface area contributed by atoms with E-state index < -0.39 is 0 Å². The molecule has 2 aliphatic carbocycles. The Morgan fingerprint density at radius 2 is 2.27 bits per heavy atom. The molecule has 0 aromatic heterocycles. The van der Waals surface area contributed by atoms with E-state index in [9.17, 15) is 4.79 Å². The fourth-order valence-electron chi connectivity index (χ4n) is 4.49. The van der Waals surface area contributed by atoms with Crippen LogP contribution in [0.4, 0.5) is 0 Å². The minimum atomic E-state index is 0.0257. The highest BCUT2D eigenvalue weighted by Crippen LogP contribution is 2.71. The normalized spacial score (nSPS) is 50.6. The maximum absolute atomic E-state index is 11.4. The molecular weight excluding hydrogens is 256 g/mol. The van der Waals surface area contributed by atoms with Gasteiger partial charge in [0.2, 0.25) is 0 Å². The van der Waals surface area contributed by atoms with Crippen molar-refractivity contribution in [3.63, 3.8) is 0 Å². The van der Waals surface area contributed by atoms with Crippen molar-refractivity contribution in [2.75, 3.05) is 5.33 Å². The Kier molecular flexibility index (Phi) is 1.88. The Balaban J connectivity index is 2.07. The molecule has 2 saturated carbocycles. The van der Waals surface area contributed by atoms with Gasteiger partial charge in [0.05, 0.1) is 6.42 Å². The number of fused-ring (bicyclic) bond motifs is 5. The summed E-state index contributed by atoms with van der Waals surface area (Å²) in [6, 6.07) is 0. The van der Waals surface area contributed by atoms with Crippen LogP contribution in [0.5, 0.6) is 0 Å². The van der Waals surface area contributed by atoms with E-state index in [4.69, 9.17) is 4.74 Å². The van der Waals surface area contributed by atoms with Gasteiger partial charge in [-0.3, -0.25) is 4.79 Å². The third kappa shape index (κ3) is 0.943. The van der Waals surface area contributed by atoms with Crippen LogP contribution in [0.2, 0.25) is 0 Å². The van der Waals surface area contributed by atoms with Crippen LogP contribution in [-0.2, 0) is 9.53 Å². The van der Waals surface area contributed by atoms with Crippen LogP contribution in [0.1, 0.15) is 33.1 Å². The highest BCUT2D eigenvalue weighted by atomic mass is 79.9. The fraction of sp³-hybridized carbons (Fsp3) is 0.917. The van der Waals surface area contributed by atoms with Gasteiger partial charge in [0.25, 0.3) is 0 Å². The van der Waals surface area contributed by atoms with E-state index in [0.717, 1.165) is 5.33 Å². The SMILES string of the molecule is CC1(C)[C@H]2CC[C@]1(CBr)[C@H]1OC(=O)C[C@@H]21. The second-order valence-corrected chi connectivity index (χ2v) is 6.50. The Hall–Kier alpha value is -0.0500. The molecule has 0 amide bonds. The van der Waals surface area contributed by atoms with E-state index >= 15 is 0 Å². The molecule has 2 nitrogen and oxygen atoms in total. The largest absolute Gasteiger partial charge is 0.461 e. The lowest BCUT2D eigenvalue weighted by molar-refractivity contribution is -0.147. The van der Waals surface area contributed by atoms with Crippen molar-refractivity contribution in [3.05, 3.63) is 0 Å². The van der Waals surface area contributed by atoms with Gasteiger partial charge in [0.15, 0.2) is 0 Å². The first kappa shape index (κ1) is 10.1. The van der Waals surface area contributed by atoms with E-state index in [-0.39, 0.29) is 17.5 Å². The van der Waals surface area contributed by atoms with Crippen LogP contribution in [0.3, 0.4) is 0 Å². The lowest BCUT2D eigenvalue weighted by Crippen LogP contribution is -2.41. The lowest BCUT2D eigenvalue weighted by atomic mass is 9.70. The van der Waals surface area contributed by atoms with Crippen LogP contribution in [0.25, 0.3) is 0 Å². The molecule has 3 aliphatic rings. The van der Waals surface area contributed by atoms with Crippen LogP contribution in [0.15, 0.2) is 0 Å². The molecule has 3 heteroatoms. The van der Waals surface area contributed by atoms with Crippen molar-refractivity contribution in [1.29, 1.82) is 0 Å². The van der Waals surface area contributed by atoms with Crippen LogP contribution in [0, 0.1) is 22.7 Å². The summed E-state index contributed by atoms with van der Waals surface area (Å²) in [5, 5.41) is 0.970. The van der Waals surface area contributed by atoms with E-state index in [0.29, 0.717) is 23.7 Å². The van der Waals surface area contributed by atoms with E-state index in [1.165, 1.54) is 12.8 Å². The molecule has 84 valence electrons. The molecule has 0 radical (unpaired) electrons. The number of carbonyl (C=O) groups excluding carboxylic acids is 1. The van der Waals surface area contributed by atoms with Gasteiger partial charge >= 0.3 is 5.97 Å². The second-order valence-electron chi connectivity index (χ2n) is 5.94. The number of rotatable bonds is 1. The van der Waals surface area contributed by atoms with Crippen LogP contribution >= 0.6 is 15.9 Å². The van der Waals surface area contributed by atoms with Gasteiger partial charge in [-0.25, -0.2) is 0 Å². The number of hydrogen-bond acceptors (Lipinski definition) is 2. The quantitative estimate of drug-likeness (QED) is 0.542. The molecule has 1 saturated heterocycles. The Bertz CT molecular complexity index is 326. The summed E-state index contributed by atoms with van der Waals surface area (Å²) in [4.78, 5) is 11.4. The molecule has 1 heterocycles. The summed E-state index contributed by atoms with van der Waals surface area (Å²) in [5.41, 5.74) is 0.529. The molecule has 0 aromatic rings. The molecule has 15 heavy (non-hydrogen) atoms. The molecular formula is C12H17BrO2. The summed E-state index contributed by atoms with van der Waals surface area (Å²) in [6.07, 6.45) is 3.34. The molecule has 4 atom stereocenters. The zero-order valence-corrected chi connectivity index (χ0v) is 10.8. The number of hydrogen-bond donors (Lipinski definition) is 0. The molecule has 1 aliphatic heterocycles. The van der Waals surface area contributed by atoms with Gasteiger partial charge in [-0.05, 0) is 24.2 Å². The maximum Gasteiger partial charge on any atom is 0.306 e. The van der Waals surface area contributed by atoms with Crippen molar-refractivity contribution in [2.45, 2.75) is 39.2 Å². The van der Waals surface area contributed by atoms with Gasteiger partial charge in [-0.2, -0.15) is 0 Å². The predicted octanol–water partition coefficient (Wildman–Crippen LogP) is 2.75. The minimum Gasteiger partial charge on any atom is -0.461 e. The fourth-order valence-corrected chi connectivity index (χ4v) is 5.81. The van der Waals surface area contributed by atoms with Gasteiger partial charge in [0, 0.05) is 16.7 Å². The minimum absolute atomic E-state index is 0.0257. The molecule has 3 fully saturated rings. The third-order valence-corrected chi connectivity index (χ3v) is 6.46. The molecule has 2 bridgehead atoms. The van der Waals surface area contributed by atoms with Gasteiger partial charge in [0.1, 0.15) is 6.10 Å². The number of carbonyl (C=O) groups is 1. The Morgan fingerprint density at radius 1 is 1.53 bits per heavy atom. The number of ether oxygens (including phenoxy) is 1. The topological polar surface area (TPSA) is 26.3 Å². The zero-order valence-electron chi connectivity index (χ0n) is 9.25. The molecule has 0 aromatic carbocycles. The number of halogens is 1. The van der Waals surface area contributed by atoms with E-state index in [2.05, 4.69) is 29.8 Å². The summed E-state index contributed by atoms with van der Waals surface area (Å²) < 4.78 is 5.58. The monoisotopic (exact) mass is 272 g/mol. The zero-order chi connectivity index (χ0) is 10.8. The smallest absolute Gasteiger partial charge is 0.306 e. The molecule has 0 N–H and O–H groups in total. The van der Waals surface area contributed by atoms with E-state index in [1.807, 2.05) is 0 Å². The van der Waals surface area contributed by atoms with Gasteiger partial charge in [-0.1, -0.05) is 29.8 Å². The third-order valence-electron chi connectivity index (χ3n) is 5.46. The first-order valence-corrected chi connectivity index (χ1v) is 6.90. The number of alkyl halides is 1. The summed E-state index contributed by atoms with van der Waals surface area (Å²) in [5.74, 6) is 1.21. The van der Waals surface area contributed by atoms with Crippen molar-refractivity contribution in [2.24, 2.45) is 22.7 Å². The number of esters is 1. The van der Waals surface area contributed by atoms with Gasteiger partial charge in [-0.15, -0.1) is 0 Å². The second kappa shape index (κ2) is 2.79. The first-order valence-electron chi connectivity index (χ1n) is 5.78. The molecule has 3 rings (SSSR count). The van der Waals surface area contributed by atoms with Crippen molar-refractivity contribution in [3.8, 4) is 0 Å². The van der Waals surface area contributed by atoms with Crippen molar-refractivity contribution < 1.29 is 9.53 Å².